The van der Waals surface area contributed by atoms with Crippen molar-refractivity contribution in [2.24, 2.45) is 0 Å². The molecule has 0 radical (unpaired) electrons. The molecule has 0 bridgehead atoms. The second-order valence-electron chi connectivity index (χ2n) is 2.21. The van der Waals surface area contributed by atoms with Gasteiger partial charge in [0.2, 0.25) is 0 Å². The molecule has 0 aliphatic carbocycles. The minimum atomic E-state index is -4.28. The molecule has 0 spiro atoms. The van der Waals surface area contributed by atoms with Gasteiger partial charge in [0.25, 0.3) is 0 Å². The maximum absolute atomic E-state index is 10.2. The number of aliphatic hydroxyl groups is 1. The van der Waals surface area contributed by atoms with Crippen molar-refractivity contribution in [2.45, 2.75) is 12.5 Å². The van der Waals surface area contributed by atoms with E-state index in [1.807, 2.05) is 0 Å². The van der Waals surface area contributed by atoms with Crippen LogP contribution in [0.25, 0.3) is 0 Å². The Morgan fingerprint density at radius 1 is 1.70 bits per heavy atom. The van der Waals surface area contributed by atoms with Crippen molar-refractivity contribution in [3.05, 3.63) is 0 Å². The van der Waals surface area contributed by atoms with Crippen LogP contribution in [0.3, 0.4) is 0 Å². The highest BCUT2D eigenvalue weighted by Crippen LogP contribution is 2.37. The average molecular weight is 165 g/mol. The minimum Gasteiger partial charge on any atom is -0.375 e. The van der Waals surface area contributed by atoms with Crippen molar-refractivity contribution in [3.63, 3.8) is 0 Å². The lowest BCUT2D eigenvalue weighted by atomic mass is 10.2. The Labute approximate surface area is 58.1 Å². The minimum absolute atomic E-state index is 0.823. The van der Waals surface area contributed by atoms with Gasteiger partial charge in [0.15, 0.2) is 5.60 Å². The van der Waals surface area contributed by atoms with Crippen molar-refractivity contribution in [1.29, 1.82) is 5.26 Å². The summed E-state index contributed by atoms with van der Waals surface area (Å²) in [5.74, 6) is 0. The maximum atomic E-state index is 10.2. The first kappa shape index (κ1) is 9.60. The van der Waals surface area contributed by atoms with Crippen molar-refractivity contribution in [1.82, 2.24) is 0 Å². The lowest BCUT2D eigenvalue weighted by Gasteiger charge is -2.13. The van der Waals surface area contributed by atoms with Crippen LogP contribution in [0.4, 0.5) is 0 Å². The molecule has 0 rings (SSSR count). The van der Waals surface area contributed by atoms with Gasteiger partial charge in [-0.2, -0.15) is 5.26 Å². The molecule has 0 aliphatic rings. The molecule has 0 aromatic carbocycles. The fraction of sp³-hybridized carbons (Fsp3) is 0.750. The SMILES string of the molecule is CC(O)(C#N)CP(=O)(O)O. The highest BCUT2D eigenvalue weighted by atomic mass is 31.2. The first-order valence-electron chi connectivity index (χ1n) is 2.45. The Balaban J connectivity index is 4.20. The summed E-state index contributed by atoms with van der Waals surface area (Å²) in [7, 11) is -4.28. The predicted molar refractivity (Wildman–Crippen MR) is 33.1 cm³/mol. The number of nitriles is 1. The first-order chi connectivity index (χ1) is 4.27. The fourth-order valence-corrected chi connectivity index (χ4v) is 1.31. The van der Waals surface area contributed by atoms with E-state index >= 15 is 0 Å². The van der Waals surface area contributed by atoms with E-state index in [0.717, 1.165) is 6.92 Å². The van der Waals surface area contributed by atoms with Crippen LogP contribution in [-0.2, 0) is 4.57 Å². The molecule has 0 aromatic heterocycles. The van der Waals surface area contributed by atoms with Crippen LogP contribution in [0, 0.1) is 11.3 Å². The van der Waals surface area contributed by atoms with Crippen LogP contribution in [-0.4, -0.2) is 26.7 Å². The quantitative estimate of drug-likeness (QED) is 0.376. The van der Waals surface area contributed by atoms with Crippen molar-refractivity contribution >= 4 is 7.60 Å². The van der Waals surface area contributed by atoms with E-state index < -0.39 is 19.4 Å². The highest BCUT2D eigenvalue weighted by molar-refractivity contribution is 7.51. The molecule has 0 aliphatic heterocycles. The van der Waals surface area contributed by atoms with Gasteiger partial charge in [-0.1, -0.05) is 0 Å². The summed E-state index contributed by atoms with van der Waals surface area (Å²) in [5.41, 5.74) is -1.93. The van der Waals surface area contributed by atoms with Crippen LogP contribution < -0.4 is 0 Å². The summed E-state index contributed by atoms with van der Waals surface area (Å²) in [4.78, 5) is 16.6. The van der Waals surface area contributed by atoms with Gasteiger partial charge in [0.1, 0.15) is 0 Å². The molecule has 10 heavy (non-hydrogen) atoms. The molecule has 1 unspecified atom stereocenters. The molecule has 0 amide bonds. The van der Waals surface area contributed by atoms with E-state index in [4.69, 9.17) is 20.2 Å². The smallest absolute Gasteiger partial charge is 0.329 e. The van der Waals surface area contributed by atoms with E-state index in [1.165, 1.54) is 6.07 Å². The lowest BCUT2D eigenvalue weighted by Crippen LogP contribution is -2.26. The van der Waals surface area contributed by atoms with Crippen LogP contribution in [0.5, 0.6) is 0 Å². The molecule has 0 fully saturated rings. The Morgan fingerprint density at radius 3 is 2.20 bits per heavy atom. The predicted octanol–water partition coefficient (Wildman–Crippen LogP) is -0.561. The van der Waals surface area contributed by atoms with Crippen molar-refractivity contribution in [2.75, 3.05) is 6.16 Å². The van der Waals surface area contributed by atoms with E-state index in [2.05, 4.69) is 0 Å². The molecule has 3 N–H and O–H groups in total. The van der Waals surface area contributed by atoms with Gasteiger partial charge in [0.05, 0.1) is 12.2 Å². The summed E-state index contributed by atoms with van der Waals surface area (Å²) in [6.45, 7) is 1.05. The third-order valence-electron chi connectivity index (χ3n) is 0.755. The highest BCUT2D eigenvalue weighted by Gasteiger charge is 2.29. The zero-order valence-corrected chi connectivity index (χ0v) is 6.25. The average Bonchev–Trinajstić information content (AvgIpc) is 1.60. The number of hydrogen-bond acceptors (Lipinski definition) is 3. The second kappa shape index (κ2) is 2.69. The van der Waals surface area contributed by atoms with E-state index in [1.54, 1.807) is 0 Å². The van der Waals surface area contributed by atoms with E-state index in [-0.39, 0.29) is 0 Å². The van der Waals surface area contributed by atoms with Gasteiger partial charge in [-0.3, -0.25) is 4.57 Å². The lowest BCUT2D eigenvalue weighted by molar-refractivity contribution is 0.137. The molecule has 58 valence electrons. The van der Waals surface area contributed by atoms with Gasteiger partial charge in [-0.05, 0) is 6.92 Å². The Morgan fingerprint density at radius 2 is 2.10 bits per heavy atom. The van der Waals surface area contributed by atoms with Crippen molar-refractivity contribution in [3.8, 4) is 6.07 Å². The third-order valence-corrected chi connectivity index (χ3v) is 1.78. The van der Waals surface area contributed by atoms with Gasteiger partial charge in [-0.25, -0.2) is 0 Å². The maximum Gasteiger partial charge on any atom is 0.329 e. The zero-order chi connectivity index (χ0) is 8.41. The Bertz CT molecular complexity index is 200. The fourth-order valence-electron chi connectivity index (χ4n) is 0.436. The van der Waals surface area contributed by atoms with Crippen LogP contribution >= 0.6 is 7.60 Å². The van der Waals surface area contributed by atoms with Gasteiger partial charge in [0, 0.05) is 0 Å². The molecular weight excluding hydrogens is 157 g/mol. The van der Waals surface area contributed by atoms with Crippen molar-refractivity contribution < 1.29 is 19.5 Å². The Hall–Kier alpha value is -0.400. The van der Waals surface area contributed by atoms with Crippen LogP contribution in [0.2, 0.25) is 0 Å². The topological polar surface area (TPSA) is 102 Å². The standard InChI is InChI=1S/C4H8NO4P/c1-4(6,2-5)3-10(7,8)9/h6H,3H2,1H3,(H2,7,8,9). The van der Waals surface area contributed by atoms with Gasteiger partial charge >= 0.3 is 7.60 Å². The molecule has 5 nitrogen and oxygen atoms in total. The van der Waals surface area contributed by atoms with E-state index in [0.29, 0.717) is 0 Å². The molecule has 0 saturated heterocycles. The molecule has 0 saturated carbocycles. The summed E-state index contributed by atoms with van der Waals surface area (Å²) in [6.07, 6.45) is -0.823. The second-order valence-corrected chi connectivity index (χ2v) is 3.85. The third kappa shape index (κ3) is 4.48. The summed E-state index contributed by atoms with van der Waals surface area (Å²) in [6, 6.07) is 1.36. The molecule has 0 aromatic rings. The monoisotopic (exact) mass is 165 g/mol. The first-order valence-corrected chi connectivity index (χ1v) is 4.25. The molecule has 6 heteroatoms. The zero-order valence-electron chi connectivity index (χ0n) is 5.35. The van der Waals surface area contributed by atoms with E-state index in [9.17, 15) is 4.57 Å². The normalized spacial score (nSPS) is 17.5. The van der Waals surface area contributed by atoms with Gasteiger partial charge in [-0.15, -0.1) is 0 Å². The number of rotatable bonds is 2. The van der Waals surface area contributed by atoms with Crippen LogP contribution in [0.15, 0.2) is 0 Å². The molecule has 0 heterocycles. The summed E-state index contributed by atoms with van der Waals surface area (Å²) >= 11 is 0. The summed E-state index contributed by atoms with van der Waals surface area (Å²) in [5, 5.41) is 16.9. The number of hydrogen-bond donors (Lipinski definition) is 3. The molecule has 1 atom stereocenters. The van der Waals surface area contributed by atoms with Crippen LogP contribution in [0.1, 0.15) is 6.92 Å². The largest absolute Gasteiger partial charge is 0.375 e. The number of nitrogens with zero attached hydrogens (tertiary/aromatic N) is 1. The summed E-state index contributed by atoms with van der Waals surface area (Å²) < 4.78 is 10.2. The van der Waals surface area contributed by atoms with Gasteiger partial charge < -0.3 is 14.9 Å². The molecular formula is C4H8NO4P. The Kier molecular flexibility index (Phi) is 2.58.